The van der Waals surface area contributed by atoms with Gasteiger partial charge in [-0.2, -0.15) is 0 Å². The molecule has 1 saturated heterocycles. The van der Waals surface area contributed by atoms with Crippen molar-refractivity contribution < 1.29 is 4.79 Å². The standard InChI is InChI=1S/C26H34N4O/c1-4-22(21-11-9-19(2)10-12-21)27-18-23-25(26(31)29-14-7-5-6-8-15-29)28-24-17-20(3)13-16-30(23)24/h9-13,16-17,22,27H,4-8,14-15,18H2,1-3H3/t22-/m1/s1. The predicted molar refractivity (Wildman–Crippen MR) is 125 cm³/mol. The second kappa shape index (κ2) is 9.65. The van der Waals surface area contributed by atoms with E-state index in [2.05, 4.69) is 66.9 Å². The number of aryl methyl sites for hydroxylation is 2. The number of hydrogen-bond acceptors (Lipinski definition) is 3. The summed E-state index contributed by atoms with van der Waals surface area (Å²) in [6.07, 6.45) is 7.60. The Labute approximate surface area is 185 Å². The molecule has 1 aromatic carbocycles. The van der Waals surface area contributed by atoms with Gasteiger partial charge in [-0.15, -0.1) is 0 Å². The number of carbonyl (C=O) groups excluding carboxylic acids is 1. The quantitative estimate of drug-likeness (QED) is 0.598. The monoisotopic (exact) mass is 418 g/mol. The summed E-state index contributed by atoms with van der Waals surface area (Å²) in [4.78, 5) is 20.3. The van der Waals surface area contributed by atoms with Gasteiger partial charge in [-0.1, -0.05) is 49.6 Å². The molecule has 164 valence electrons. The van der Waals surface area contributed by atoms with Crippen molar-refractivity contribution in [1.29, 1.82) is 0 Å². The van der Waals surface area contributed by atoms with Crippen molar-refractivity contribution in [3.63, 3.8) is 0 Å². The highest BCUT2D eigenvalue weighted by Gasteiger charge is 2.25. The number of aromatic nitrogens is 2. The molecule has 5 nitrogen and oxygen atoms in total. The summed E-state index contributed by atoms with van der Waals surface area (Å²) < 4.78 is 2.08. The Balaban J connectivity index is 1.64. The Hall–Kier alpha value is -2.66. The highest BCUT2D eigenvalue weighted by molar-refractivity contribution is 5.94. The summed E-state index contributed by atoms with van der Waals surface area (Å²) in [5, 5.41) is 3.69. The van der Waals surface area contributed by atoms with E-state index in [0.29, 0.717) is 12.2 Å². The first-order chi connectivity index (χ1) is 15.1. The van der Waals surface area contributed by atoms with Crippen LogP contribution in [-0.4, -0.2) is 33.3 Å². The summed E-state index contributed by atoms with van der Waals surface area (Å²) in [5.41, 5.74) is 6.09. The molecule has 31 heavy (non-hydrogen) atoms. The normalized spacial score (nSPS) is 15.8. The van der Waals surface area contributed by atoms with E-state index in [1.807, 2.05) is 11.1 Å². The summed E-state index contributed by atoms with van der Waals surface area (Å²) >= 11 is 0. The van der Waals surface area contributed by atoms with Crippen LogP contribution in [0.25, 0.3) is 5.65 Å². The molecule has 1 amide bonds. The first kappa shape index (κ1) is 21.6. The van der Waals surface area contributed by atoms with Crippen LogP contribution in [0.2, 0.25) is 0 Å². The summed E-state index contributed by atoms with van der Waals surface area (Å²) in [7, 11) is 0. The number of pyridine rings is 1. The van der Waals surface area contributed by atoms with E-state index >= 15 is 0 Å². The number of carbonyl (C=O) groups is 1. The van der Waals surface area contributed by atoms with Crippen LogP contribution in [0.1, 0.15) is 77.9 Å². The third kappa shape index (κ3) is 4.82. The minimum absolute atomic E-state index is 0.0726. The van der Waals surface area contributed by atoms with Crippen LogP contribution < -0.4 is 5.32 Å². The number of likely N-dealkylation sites (tertiary alicyclic amines) is 1. The van der Waals surface area contributed by atoms with Crippen molar-refractivity contribution in [2.24, 2.45) is 0 Å². The minimum atomic E-state index is 0.0726. The Morgan fingerprint density at radius 3 is 2.42 bits per heavy atom. The molecule has 0 unspecified atom stereocenters. The molecule has 1 fully saturated rings. The van der Waals surface area contributed by atoms with E-state index in [0.717, 1.165) is 49.3 Å². The van der Waals surface area contributed by atoms with Gasteiger partial charge in [-0.3, -0.25) is 4.79 Å². The third-order valence-electron chi connectivity index (χ3n) is 6.38. The van der Waals surface area contributed by atoms with E-state index in [1.165, 1.54) is 24.0 Å². The van der Waals surface area contributed by atoms with Gasteiger partial charge in [-0.05, 0) is 56.4 Å². The van der Waals surface area contributed by atoms with Crippen LogP contribution in [0.5, 0.6) is 0 Å². The number of benzene rings is 1. The Bertz CT molecular complexity index is 1030. The Morgan fingerprint density at radius 2 is 1.74 bits per heavy atom. The number of nitrogens with zero attached hydrogens (tertiary/aromatic N) is 3. The van der Waals surface area contributed by atoms with Gasteiger partial charge in [0, 0.05) is 31.9 Å². The molecule has 1 aliphatic rings. The molecule has 3 heterocycles. The first-order valence-corrected chi connectivity index (χ1v) is 11.6. The number of rotatable bonds is 6. The van der Waals surface area contributed by atoms with Crippen LogP contribution in [-0.2, 0) is 6.54 Å². The van der Waals surface area contributed by atoms with Gasteiger partial charge >= 0.3 is 0 Å². The van der Waals surface area contributed by atoms with Crippen LogP contribution in [0.15, 0.2) is 42.6 Å². The smallest absolute Gasteiger partial charge is 0.274 e. The van der Waals surface area contributed by atoms with Crippen LogP contribution in [0, 0.1) is 13.8 Å². The first-order valence-electron chi connectivity index (χ1n) is 11.6. The van der Waals surface area contributed by atoms with Gasteiger partial charge in [0.25, 0.3) is 5.91 Å². The molecule has 0 spiro atoms. The molecular formula is C26H34N4O. The number of amides is 1. The minimum Gasteiger partial charge on any atom is -0.337 e. The van der Waals surface area contributed by atoms with Gasteiger partial charge in [0.2, 0.25) is 0 Å². The summed E-state index contributed by atoms with van der Waals surface area (Å²) in [6, 6.07) is 13.1. The average Bonchev–Trinajstić information content (AvgIpc) is 2.93. The van der Waals surface area contributed by atoms with Crippen molar-refractivity contribution in [2.75, 3.05) is 13.1 Å². The SMILES string of the molecule is CC[C@@H](NCc1c(C(=O)N2CCCCCC2)nc2cc(C)ccn12)c1ccc(C)cc1. The molecule has 4 rings (SSSR count). The lowest BCUT2D eigenvalue weighted by Gasteiger charge is -2.21. The molecule has 3 aromatic rings. The summed E-state index contributed by atoms with van der Waals surface area (Å²) in [5.74, 6) is 0.0726. The number of hydrogen-bond donors (Lipinski definition) is 1. The fraction of sp³-hybridized carbons (Fsp3) is 0.462. The molecule has 1 atom stereocenters. The number of imidazole rings is 1. The fourth-order valence-corrected chi connectivity index (χ4v) is 4.48. The van der Waals surface area contributed by atoms with Crippen molar-refractivity contribution in [1.82, 2.24) is 19.6 Å². The van der Waals surface area contributed by atoms with Crippen molar-refractivity contribution in [2.45, 2.75) is 65.5 Å². The molecule has 5 heteroatoms. The lowest BCUT2D eigenvalue weighted by Crippen LogP contribution is -2.33. The van der Waals surface area contributed by atoms with Gasteiger partial charge < -0.3 is 14.6 Å². The van der Waals surface area contributed by atoms with Gasteiger partial charge in [0.15, 0.2) is 5.69 Å². The average molecular weight is 419 g/mol. The fourth-order valence-electron chi connectivity index (χ4n) is 4.48. The van der Waals surface area contributed by atoms with E-state index in [9.17, 15) is 4.79 Å². The topological polar surface area (TPSA) is 49.6 Å². The molecule has 1 aliphatic heterocycles. The molecule has 1 N–H and O–H groups in total. The van der Waals surface area contributed by atoms with E-state index < -0.39 is 0 Å². The van der Waals surface area contributed by atoms with E-state index in [1.54, 1.807) is 0 Å². The lowest BCUT2D eigenvalue weighted by molar-refractivity contribution is 0.0755. The Kier molecular flexibility index (Phi) is 6.71. The van der Waals surface area contributed by atoms with E-state index in [-0.39, 0.29) is 11.9 Å². The highest BCUT2D eigenvalue weighted by Crippen LogP contribution is 2.22. The second-order valence-corrected chi connectivity index (χ2v) is 8.80. The molecule has 2 aromatic heterocycles. The molecule has 0 aliphatic carbocycles. The van der Waals surface area contributed by atoms with Gasteiger partial charge in [0.05, 0.1) is 5.69 Å². The largest absolute Gasteiger partial charge is 0.337 e. The number of nitrogens with one attached hydrogen (secondary N) is 1. The molecular weight excluding hydrogens is 384 g/mol. The van der Waals surface area contributed by atoms with Crippen LogP contribution >= 0.6 is 0 Å². The summed E-state index contributed by atoms with van der Waals surface area (Å²) in [6.45, 7) is 8.63. The van der Waals surface area contributed by atoms with Gasteiger partial charge in [-0.25, -0.2) is 4.98 Å². The van der Waals surface area contributed by atoms with Crippen molar-refractivity contribution in [3.8, 4) is 0 Å². The molecule has 0 radical (unpaired) electrons. The van der Waals surface area contributed by atoms with Crippen molar-refractivity contribution >= 4 is 11.6 Å². The van der Waals surface area contributed by atoms with Gasteiger partial charge in [0.1, 0.15) is 5.65 Å². The van der Waals surface area contributed by atoms with Crippen molar-refractivity contribution in [3.05, 3.63) is 70.7 Å². The zero-order valence-corrected chi connectivity index (χ0v) is 19.0. The number of fused-ring (bicyclic) bond motifs is 1. The van der Waals surface area contributed by atoms with Crippen LogP contribution in [0.4, 0.5) is 0 Å². The zero-order valence-electron chi connectivity index (χ0n) is 19.0. The molecule has 0 bridgehead atoms. The lowest BCUT2D eigenvalue weighted by atomic mass is 10.0. The maximum absolute atomic E-state index is 13.5. The predicted octanol–water partition coefficient (Wildman–Crippen LogP) is 5.21. The molecule has 0 saturated carbocycles. The highest BCUT2D eigenvalue weighted by atomic mass is 16.2. The maximum atomic E-state index is 13.5. The third-order valence-corrected chi connectivity index (χ3v) is 6.38. The second-order valence-electron chi connectivity index (χ2n) is 8.80. The zero-order chi connectivity index (χ0) is 21.8. The Morgan fingerprint density at radius 1 is 1.03 bits per heavy atom. The van der Waals surface area contributed by atoms with E-state index in [4.69, 9.17) is 4.98 Å². The van der Waals surface area contributed by atoms with Crippen LogP contribution in [0.3, 0.4) is 0 Å². The maximum Gasteiger partial charge on any atom is 0.274 e.